The number of ether oxygens (including phenoxy) is 1. The molecule has 1 aliphatic rings. The Bertz CT molecular complexity index is 1890. The number of nitrogens with zero attached hydrogens (tertiary/aromatic N) is 4. The number of halogens is 2. The number of fused-ring (bicyclic) bond motifs is 1. The Balaban J connectivity index is 1.18. The van der Waals surface area contributed by atoms with Gasteiger partial charge in [-0.05, 0) is 66.8 Å². The largest absolute Gasteiger partial charge is 0.453 e. The zero-order chi connectivity index (χ0) is 29.9. The van der Waals surface area contributed by atoms with Gasteiger partial charge in [-0.15, -0.1) is 0 Å². The molecule has 0 saturated heterocycles. The van der Waals surface area contributed by atoms with E-state index in [4.69, 9.17) is 4.74 Å². The summed E-state index contributed by atoms with van der Waals surface area (Å²) >= 11 is 0. The third kappa shape index (κ3) is 6.03. The van der Waals surface area contributed by atoms with E-state index in [0.717, 1.165) is 17.5 Å². The molecule has 1 saturated carbocycles. The summed E-state index contributed by atoms with van der Waals surface area (Å²) in [5.74, 6) is -0.491. The first kappa shape index (κ1) is 27.9. The summed E-state index contributed by atoms with van der Waals surface area (Å²) in [4.78, 5) is 42.0. The SMILES string of the molecule is O=C1CCCC(CNc2n[nH]c3nccc(Oc4ccc(CC(=O)c5ccnn(-c6ccc(F)cc6)c5=O)cc4F)c23)C1. The molecule has 218 valence electrons. The first-order chi connectivity index (χ1) is 20.9. The maximum absolute atomic E-state index is 15.2. The predicted octanol–water partition coefficient (Wildman–Crippen LogP) is 5.17. The standard InChI is InChI=1S/C31H26F2N6O4/c32-20-5-7-21(8-6-20)39-31(42)23(10-13-36-39)25(41)16-18-4-9-26(24(33)15-18)43-27-11-12-34-29-28(27)30(38-37-29)35-17-19-2-1-3-22(40)14-19/h4-13,15,19H,1-3,14,16-17H2,(H2,34,35,37,38). The minimum absolute atomic E-state index is 0.0729. The smallest absolute Gasteiger partial charge is 0.282 e. The molecule has 2 N–H and O–H groups in total. The van der Waals surface area contributed by atoms with E-state index < -0.39 is 23.0 Å². The molecule has 0 spiro atoms. The molecule has 43 heavy (non-hydrogen) atoms. The minimum atomic E-state index is -0.701. The number of anilines is 1. The highest BCUT2D eigenvalue weighted by molar-refractivity contribution is 5.97. The number of H-pyrrole nitrogens is 1. The highest BCUT2D eigenvalue weighted by Gasteiger charge is 2.21. The second-order valence-corrected chi connectivity index (χ2v) is 10.4. The van der Waals surface area contributed by atoms with Gasteiger partial charge in [-0.2, -0.15) is 14.9 Å². The summed E-state index contributed by atoms with van der Waals surface area (Å²) in [6.45, 7) is 0.559. The molecule has 0 bridgehead atoms. The van der Waals surface area contributed by atoms with Gasteiger partial charge in [0.2, 0.25) is 0 Å². The lowest BCUT2D eigenvalue weighted by atomic mass is 9.88. The Morgan fingerprint density at radius 3 is 2.67 bits per heavy atom. The number of carbonyl (C=O) groups is 2. The lowest BCUT2D eigenvalue weighted by molar-refractivity contribution is -0.121. The van der Waals surface area contributed by atoms with E-state index in [1.165, 1.54) is 54.9 Å². The van der Waals surface area contributed by atoms with Crippen LogP contribution in [0.15, 0.2) is 71.8 Å². The van der Waals surface area contributed by atoms with E-state index >= 15 is 4.39 Å². The van der Waals surface area contributed by atoms with Gasteiger partial charge in [0.1, 0.15) is 22.7 Å². The number of nitrogens with one attached hydrogen (secondary N) is 2. The Kier molecular flexibility index (Phi) is 7.73. The lowest BCUT2D eigenvalue weighted by Crippen LogP contribution is -2.27. The normalized spacial score (nSPS) is 15.0. The van der Waals surface area contributed by atoms with Crippen LogP contribution in [-0.2, 0) is 11.2 Å². The lowest BCUT2D eigenvalue weighted by Gasteiger charge is -2.21. The van der Waals surface area contributed by atoms with Gasteiger partial charge < -0.3 is 10.1 Å². The molecule has 1 atom stereocenters. The van der Waals surface area contributed by atoms with Crippen LogP contribution in [0.5, 0.6) is 11.5 Å². The maximum Gasteiger partial charge on any atom is 0.282 e. The molecule has 3 heterocycles. The summed E-state index contributed by atoms with van der Waals surface area (Å²) in [6, 6.07) is 12.2. The third-order valence-electron chi connectivity index (χ3n) is 7.36. The molecule has 5 aromatic rings. The van der Waals surface area contributed by atoms with Crippen LogP contribution in [0.2, 0.25) is 0 Å². The van der Waals surface area contributed by atoms with Crippen molar-refractivity contribution in [2.75, 3.05) is 11.9 Å². The van der Waals surface area contributed by atoms with Crippen LogP contribution < -0.4 is 15.6 Å². The van der Waals surface area contributed by atoms with Crippen molar-refractivity contribution in [3.8, 4) is 17.2 Å². The van der Waals surface area contributed by atoms with Crippen LogP contribution in [-0.4, -0.2) is 43.1 Å². The van der Waals surface area contributed by atoms with Crippen molar-refractivity contribution in [2.45, 2.75) is 32.1 Å². The van der Waals surface area contributed by atoms with Gasteiger partial charge >= 0.3 is 0 Å². The van der Waals surface area contributed by atoms with Gasteiger partial charge in [0.25, 0.3) is 5.56 Å². The number of carbonyl (C=O) groups excluding carboxylic acids is 2. The molecule has 0 radical (unpaired) electrons. The second kappa shape index (κ2) is 11.9. The molecule has 1 unspecified atom stereocenters. The zero-order valence-corrected chi connectivity index (χ0v) is 22.8. The number of ketones is 2. The molecule has 0 aliphatic heterocycles. The Morgan fingerprint density at radius 1 is 1.05 bits per heavy atom. The fraction of sp³-hybridized carbons (Fsp3) is 0.226. The summed E-state index contributed by atoms with van der Waals surface area (Å²) < 4.78 is 35.4. The molecule has 3 aromatic heterocycles. The molecule has 6 rings (SSSR count). The molecular formula is C31H26F2N6O4. The number of hydrogen-bond donors (Lipinski definition) is 2. The minimum Gasteiger partial charge on any atom is -0.453 e. The van der Waals surface area contributed by atoms with Crippen molar-refractivity contribution in [2.24, 2.45) is 5.92 Å². The number of pyridine rings is 1. The number of aromatic nitrogens is 5. The van der Waals surface area contributed by atoms with Crippen molar-refractivity contribution in [1.29, 1.82) is 0 Å². The molecule has 10 nitrogen and oxygen atoms in total. The number of aromatic amines is 1. The van der Waals surface area contributed by atoms with E-state index in [1.54, 1.807) is 12.1 Å². The van der Waals surface area contributed by atoms with Gasteiger partial charge in [-0.3, -0.25) is 19.5 Å². The van der Waals surface area contributed by atoms with Crippen molar-refractivity contribution in [3.05, 3.63) is 100 Å². The number of hydrogen-bond acceptors (Lipinski definition) is 8. The average molecular weight is 585 g/mol. The van der Waals surface area contributed by atoms with E-state index in [1.807, 2.05) is 0 Å². The Hall–Kier alpha value is -5.26. The van der Waals surface area contributed by atoms with E-state index in [2.05, 4.69) is 25.6 Å². The molecule has 1 aliphatic carbocycles. The highest BCUT2D eigenvalue weighted by atomic mass is 19.1. The highest BCUT2D eigenvalue weighted by Crippen LogP contribution is 2.34. The monoisotopic (exact) mass is 584 g/mol. The average Bonchev–Trinajstić information content (AvgIpc) is 3.42. The number of rotatable bonds is 9. The van der Waals surface area contributed by atoms with Crippen LogP contribution in [0.3, 0.4) is 0 Å². The van der Waals surface area contributed by atoms with E-state index in [-0.39, 0.29) is 29.4 Å². The van der Waals surface area contributed by atoms with Crippen LogP contribution in [0, 0.1) is 17.6 Å². The quantitative estimate of drug-likeness (QED) is 0.227. The summed E-state index contributed by atoms with van der Waals surface area (Å²) in [6.07, 6.45) is 5.56. The molecule has 12 heteroatoms. The number of Topliss-reactive ketones (excluding diaryl/α,β-unsaturated/α-hetero) is 2. The van der Waals surface area contributed by atoms with Gasteiger partial charge in [-0.25, -0.2) is 13.8 Å². The van der Waals surface area contributed by atoms with Gasteiger partial charge in [0.15, 0.2) is 28.8 Å². The fourth-order valence-electron chi connectivity index (χ4n) is 5.19. The molecule has 0 amide bonds. The topological polar surface area (TPSA) is 132 Å². The van der Waals surface area contributed by atoms with Crippen molar-refractivity contribution in [1.82, 2.24) is 25.0 Å². The van der Waals surface area contributed by atoms with Crippen molar-refractivity contribution >= 4 is 28.4 Å². The zero-order valence-electron chi connectivity index (χ0n) is 22.8. The summed E-state index contributed by atoms with van der Waals surface area (Å²) in [5, 5.41) is 14.9. The van der Waals surface area contributed by atoms with Crippen LogP contribution in [0.4, 0.5) is 14.6 Å². The van der Waals surface area contributed by atoms with E-state index in [9.17, 15) is 18.8 Å². The Morgan fingerprint density at radius 2 is 1.88 bits per heavy atom. The van der Waals surface area contributed by atoms with Gasteiger partial charge in [-0.1, -0.05) is 6.07 Å². The van der Waals surface area contributed by atoms with Gasteiger partial charge in [0.05, 0.1) is 11.3 Å². The fourth-order valence-corrected chi connectivity index (χ4v) is 5.19. The number of benzene rings is 2. The summed E-state index contributed by atoms with van der Waals surface area (Å²) in [7, 11) is 0. The second-order valence-electron chi connectivity index (χ2n) is 10.4. The predicted molar refractivity (Wildman–Crippen MR) is 154 cm³/mol. The van der Waals surface area contributed by atoms with Crippen LogP contribution in [0.1, 0.15) is 41.6 Å². The van der Waals surface area contributed by atoms with Crippen molar-refractivity contribution in [3.63, 3.8) is 0 Å². The maximum atomic E-state index is 15.2. The third-order valence-corrected chi connectivity index (χ3v) is 7.36. The van der Waals surface area contributed by atoms with E-state index in [0.29, 0.717) is 53.2 Å². The van der Waals surface area contributed by atoms with Crippen LogP contribution in [0.25, 0.3) is 16.7 Å². The van der Waals surface area contributed by atoms with Crippen molar-refractivity contribution < 1.29 is 23.1 Å². The molecule has 1 fully saturated rings. The first-order valence-corrected chi connectivity index (χ1v) is 13.8. The Labute approximate surface area is 243 Å². The summed E-state index contributed by atoms with van der Waals surface area (Å²) in [5.41, 5.74) is 0.300. The van der Waals surface area contributed by atoms with Gasteiger partial charge in [0, 0.05) is 44.3 Å². The molecule has 2 aromatic carbocycles. The first-order valence-electron chi connectivity index (χ1n) is 13.8. The van der Waals surface area contributed by atoms with Crippen LogP contribution >= 0.6 is 0 Å². The molecular weight excluding hydrogens is 558 g/mol.